The number of hydrogen-bond donors (Lipinski definition) is 1. The summed E-state index contributed by atoms with van der Waals surface area (Å²) < 4.78 is 38.9. The van der Waals surface area contributed by atoms with E-state index in [9.17, 15) is 13.2 Å². The first-order valence-corrected chi connectivity index (χ1v) is 5.15. The van der Waals surface area contributed by atoms with Crippen LogP contribution in [0.15, 0.2) is 18.2 Å². The van der Waals surface area contributed by atoms with Crippen LogP contribution in [0.5, 0.6) is 0 Å². The molecule has 0 amide bonds. The Kier molecular flexibility index (Phi) is 2.69. The summed E-state index contributed by atoms with van der Waals surface area (Å²) in [7, 11) is 0. The van der Waals surface area contributed by atoms with Gasteiger partial charge >= 0.3 is 0 Å². The lowest BCUT2D eigenvalue weighted by Crippen LogP contribution is -2.39. The molecule has 0 bridgehead atoms. The smallest absolute Gasteiger partial charge is 0.251 e. The zero-order valence-corrected chi connectivity index (χ0v) is 8.72. The van der Waals surface area contributed by atoms with Gasteiger partial charge in [-0.3, -0.25) is 0 Å². The van der Waals surface area contributed by atoms with E-state index in [2.05, 4.69) is 0 Å². The van der Waals surface area contributed by atoms with Crippen LogP contribution in [-0.2, 0) is 0 Å². The first kappa shape index (κ1) is 11.1. The minimum Gasteiger partial charge on any atom is -0.399 e. The number of nitrogens with zero attached hydrogens (tertiary/aromatic N) is 1. The standard InChI is InChI=1S/C11H13F3N2/c12-8-5-9(15)7-10(6-8)16-3-1-11(13,14)2-4-16/h5-7H,1-4,15H2. The van der Waals surface area contributed by atoms with Crippen LogP contribution in [0.2, 0.25) is 0 Å². The molecular formula is C11H13F3N2. The molecule has 0 spiro atoms. The zero-order chi connectivity index (χ0) is 11.8. The third-order valence-corrected chi connectivity index (χ3v) is 2.76. The summed E-state index contributed by atoms with van der Waals surface area (Å²) in [5.41, 5.74) is 6.39. The summed E-state index contributed by atoms with van der Waals surface area (Å²) >= 11 is 0. The molecule has 0 radical (unpaired) electrons. The number of rotatable bonds is 1. The van der Waals surface area contributed by atoms with Gasteiger partial charge in [-0.25, -0.2) is 13.2 Å². The van der Waals surface area contributed by atoms with E-state index in [4.69, 9.17) is 5.73 Å². The van der Waals surface area contributed by atoms with E-state index in [1.807, 2.05) is 0 Å². The van der Waals surface area contributed by atoms with Crippen molar-refractivity contribution in [3.63, 3.8) is 0 Å². The van der Waals surface area contributed by atoms with Crippen LogP contribution in [0.4, 0.5) is 24.5 Å². The number of anilines is 2. The van der Waals surface area contributed by atoms with Crippen LogP contribution in [0.3, 0.4) is 0 Å². The topological polar surface area (TPSA) is 29.3 Å². The molecule has 5 heteroatoms. The van der Waals surface area contributed by atoms with Gasteiger partial charge in [0, 0.05) is 37.3 Å². The molecule has 1 heterocycles. The molecule has 1 aliphatic rings. The van der Waals surface area contributed by atoms with Gasteiger partial charge in [-0.05, 0) is 18.2 Å². The predicted octanol–water partition coefficient (Wildman–Crippen LogP) is 2.64. The molecule has 1 aliphatic heterocycles. The summed E-state index contributed by atoms with van der Waals surface area (Å²) in [4.78, 5) is 1.73. The molecule has 16 heavy (non-hydrogen) atoms. The van der Waals surface area contributed by atoms with Crippen LogP contribution in [-0.4, -0.2) is 19.0 Å². The second-order valence-corrected chi connectivity index (χ2v) is 4.09. The highest BCUT2D eigenvalue weighted by atomic mass is 19.3. The Morgan fingerprint density at radius 1 is 1.12 bits per heavy atom. The van der Waals surface area contributed by atoms with Crippen molar-refractivity contribution in [3.8, 4) is 0 Å². The predicted molar refractivity (Wildman–Crippen MR) is 57.2 cm³/mol. The van der Waals surface area contributed by atoms with Crippen molar-refractivity contribution in [2.45, 2.75) is 18.8 Å². The fourth-order valence-corrected chi connectivity index (χ4v) is 1.87. The number of nitrogens with two attached hydrogens (primary N) is 1. The highest BCUT2D eigenvalue weighted by Gasteiger charge is 2.34. The van der Waals surface area contributed by atoms with Crippen LogP contribution in [0, 0.1) is 5.82 Å². The molecule has 1 aromatic carbocycles. The fraction of sp³-hybridized carbons (Fsp3) is 0.455. The van der Waals surface area contributed by atoms with Gasteiger partial charge in [-0.2, -0.15) is 0 Å². The van der Waals surface area contributed by atoms with Crippen LogP contribution in [0.25, 0.3) is 0 Å². The molecule has 1 saturated heterocycles. The molecule has 1 fully saturated rings. The lowest BCUT2D eigenvalue weighted by molar-refractivity contribution is -0.0220. The molecule has 1 aromatic rings. The van der Waals surface area contributed by atoms with Crippen LogP contribution in [0.1, 0.15) is 12.8 Å². The van der Waals surface area contributed by atoms with Crippen molar-refractivity contribution in [1.82, 2.24) is 0 Å². The largest absolute Gasteiger partial charge is 0.399 e. The lowest BCUT2D eigenvalue weighted by Gasteiger charge is -2.33. The Hall–Kier alpha value is -1.39. The SMILES string of the molecule is Nc1cc(F)cc(N2CCC(F)(F)CC2)c1. The number of piperidine rings is 1. The number of alkyl halides is 2. The number of benzene rings is 1. The van der Waals surface area contributed by atoms with Gasteiger partial charge in [0.05, 0.1) is 0 Å². The molecule has 0 unspecified atom stereocenters. The Morgan fingerprint density at radius 3 is 2.31 bits per heavy atom. The van der Waals surface area contributed by atoms with Crippen LogP contribution < -0.4 is 10.6 Å². The van der Waals surface area contributed by atoms with E-state index < -0.39 is 11.7 Å². The van der Waals surface area contributed by atoms with Crippen molar-refractivity contribution in [2.75, 3.05) is 23.7 Å². The molecule has 2 nitrogen and oxygen atoms in total. The van der Waals surface area contributed by atoms with Gasteiger partial charge < -0.3 is 10.6 Å². The minimum absolute atomic E-state index is 0.191. The van der Waals surface area contributed by atoms with E-state index in [-0.39, 0.29) is 25.9 Å². The Morgan fingerprint density at radius 2 is 1.75 bits per heavy atom. The van der Waals surface area contributed by atoms with Gasteiger partial charge in [0.2, 0.25) is 0 Å². The number of halogens is 3. The normalized spacial score (nSPS) is 19.8. The fourth-order valence-electron chi connectivity index (χ4n) is 1.87. The van der Waals surface area contributed by atoms with Crippen LogP contribution >= 0.6 is 0 Å². The van der Waals surface area contributed by atoms with Crippen molar-refractivity contribution in [1.29, 1.82) is 0 Å². The second kappa shape index (κ2) is 3.88. The third kappa shape index (κ3) is 2.40. The molecular weight excluding hydrogens is 217 g/mol. The average Bonchev–Trinajstić information content (AvgIpc) is 2.15. The van der Waals surface area contributed by atoms with E-state index in [1.54, 1.807) is 11.0 Å². The maximum Gasteiger partial charge on any atom is 0.251 e. The van der Waals surface area contributed by atoms with Crippen molar-refractivity contribution in [2.24, 2.45) is 0 Å². The van der Waals surface area contributed by atoms with Gasteiger partial charge in [0.1, 0.15) is 5.82 Å². The maximum atomic E-state index is 13.1. The number of nitrogen functional groups attached to an aromatic ring is 1. The Balaban J connectivity index is 2.14. The summed E-state index contributed by atoms with van der Waals surface area (Å²) in [6, 6.07) is 4.13. The quantitative estimate of drug-likeness (QED) is 0.751. The maximum absolute atomic E-state index is 13.1. The molecule has 2 N–H and O–H groups in total. The lowest BCUT2D eigenvalue weighted by atomic mass is 10.1. The second-order valence-electron chi connectivity index (χ2n) is 4.09. The van der Waals surface area contributed by atoms with Gasteiger partial charge in [0.15, 0.2) is 0 Å². The van der Waals surface area contributed by atoms with E-state index in [1.165, 1.54) is 12.1 Å². The molecule has 0 aromatic heterocycles. The van der Waals surface area contributed by atoms with Gasteiger partial charge in [-0.1, -0.05) is 0 Å². The zero-order valence-electron chi connectivity index (χ0n) is 8.72. The first-order valence-electron chi connectivity index (χ1n) is 5.15. The molecule has 0 saturated carbocycles. The minimum atomic E-state index is -2.59. The Bertz CT molecular complexity index is 363. The summed E-state index contributed by atoms with van der Waals surface area (Å²) in [5, 5.41) is 0. The first-order chi connectivity index (χ1) is 7.46. The summed E-state index contributed by atoms with van der Waals surface area (Å²) in [6.45, 7) is 0.464. The molecule has 0 atom stereocenters. The van der Waals surface area contributed by atoms with E-state index >= 15 is 0 Å². The molecule has 0 aliphatic carbocycles. The average molecular weight is 230 g/mol. The molecule has 2 rings (SSSR count). The van der Waals surface area contributed by atoms with Crippen molar-refractivity contribution < 1.29 is 13.2 Å². The van der Waals surface area contributed by atoms with E-state index in [0.29, 0.717) is 11.4 Å². The van der Waals surface area contributed by atoms with Gasteiger partial charge in [0.25, 0.3) is 5.92 Å². The summed E-state index contributed by atoms with van der Waals surface area (Å²) in [5.74, 6) is -3.03. The highest BCUT2D eigenvalue weighted by Crippen LogP contribution is 2.31. The van der Waals surface area contributed by atoms with Gasteiger partial charge in [-0.15, -0.1) is 0 Å². The van der Waals surface area contributed by atoms with Crippen molar-refractivity contribution >= 4 is 11.4 Å². The van der Waals surface area contributed by atoms with E-state index in [0.717, 1.165) is 0 Å². The van der Waals surface area contributed by atoms with Crippen molar-refractivity contribution in [3.05, 3.63) is 24.0 Å². The third-order valence-electron chi connectivity index (χ3n) is 2.76. The number of hydrogen-bond acceptors (Lipinski definition) is 2. The monoisotopic (exact) mass is 230 g/mol. The Labute approximate surface area is 91.8 Å². The summed E-state index contributed by atoms with van der Waals surface area (Å²) in [6.07, 6.45) is -0.382. The molecule has 88 valence electrons. The highest BCUT2D eigenvalue weighted by molar-refractivity contribution is 5.56.